The van der Waals surface area contributed by atoms with Gasteiger partial charge in [0.15, 0.2) is 11.3 Å². The molecule has 3 heterocycles. The number of hydrogen-bond acceptors (Lipinski definition) is 5. The highest BCUT2D eigenvalue weighted by atomic mass is 16.5. The van der Waals surface area contributed by atoms with Crippen molar-refractivity contribution in [2.45, 2.75) is 38.1 Å². The Labute approximate surface area is 139 Å². The molecule has 24 heavy (non-hydrogen) atoms. The van der Waals surface area contributed by atoms with Gasteiger partial charge in [-0.15, -0.1) is 0 Å². The summed E-state index contributed by atoms with van der Waals surface area (Å²) in [5, 5.41) is 0. The molecule has 0 spiro atoms. The number of nitrogens with zero attached hydrogens (tertiary/aromatic N) is 3. The fourth-order valence-electron chi connectivity index (χ4n) is 3.50. The van der Waals surface area contributed by atoms with Gasteiger partial charge in [0.05, 0.1) is 24.5 Å². The van der Waals surface area contributed by atoms with Crippen LogP contribution in [0.5, 0.6) is 0 Å². The van der Waals surface area contributed by atoms with E-state index in [1.54, 1.807) is 18.6 Å². The van der Waals surface area contributed by atoms with Gasteiger partial charge in [0.1, 0.15) is 12.1 Å². The fourth-order valence-corrected chi connectivity index (χ4v) is 3.50. The van der Waals surface area contributed by atoms with Crippen molar-refractivity contribution >= 4 is 17.1 Å². The van der Waals surface area contributed by atoms with Crippen molar-refractivity contribution in [3.05, 3.63) is 36.4 Å². The van der Waals surface area contributed by atoms with Crippen LogP contribution >= 0.6 is 0 Å². The maximum atomic E-state index is 11.7. The molecule has 0 N–H and O–H groups in total. The number of esters is 1. The molecule has 3 aromatic rings. The van der Waals surface area contributed by atoms with E-state index in [0.29, 0.717) is 11.7 Å². The van der Waals surface area contributed by atoms with Gasteiger partial charge in [-0.2, -0.15) is 0 Å². The second-order valence-corrected chi connectivity index (χ2v) is 6.14. The van der Waals surface area contributed by atoms with Gasteiger partial charge in [0.25, 0.3) is 0 Å². The number of carbonyl (C=O) groups excluding carboxylic acids is 1. The summed E-state index contributed by atoms with van der Waals surface area (Å²) in [4.78, 5) is 20.8. The molecule has 4 rings (SSSR count). The summed E-state index contributed by atoms with van der Waals surface area (Å²) in [5.41, 5.74) is 2.72. The van der Waals surface area contributed by atoms with E-state index in [2.05, 4.69) is 9.55 Å². The molecule has 0 radical (unpaired) electrons. The van der Waals surface area contributed by atoms with Gasteiger partial charge in [-0.25, -0.2) is 14.8 Å². The Morgan fingerprint density at radius 2 is 2.04 bits per heavy atom. The van der Waals surface area contributed by atoms with Crippen molar-refractivity contribution in [2.24, 2.45) is 0 Å². The Morgan fingerprint density at radius 3 is 2.75 bits per heavy atom. The van der Waals surface area contributed by atoms with Gasteiger partial charge in [0.2, 0.25) is 0 Å². The largest absolute Gasteiger partial charge is 0.472 e. The monoisotopic (exact) mass is 325 g/mol. The van der Waals surface area contributed by atoms with E-state index >= 15 is 0 Å². The van der Waals surface area contributed by atoms with E-state index in [-0.39, 0.29) is 5.69 Å². The molecule has 124 valence electrons. The molecule has 0 aromatic carbocycles. The van der Waals surface area contributed by atoms with Crippen LogP contribution in [0.15, 0.2) is 35.1 Å². The third kappa shape index (κ3) is 2.48. The molecule has 0 atom stereocenters. The highest BCUT2D eigenvalue weighted by Gasteiger charge is 2.24. The predicted molar refractivity (Wildman–Crippen MR) is 88.7 cm³/mol. The summed E-state index contributed by atoms with van der Waals surface area (Å²) < 4.78 is 12.3. The highest BCUT2D eigenvalue weighted by Crippen LogP contribution is 2.35. The van der Waals surface area contributed by atoms with Crippen molar-refractivity contribution in [2.75, 3.05) is 7.11 Å². The Kier molecular flexibility index (Phi) is 3.80. The lowest BCUT2D eigenvalue weighted by Gasteiger charge is -2.25. The van der Waals surface area contributed by atoms with Crippen molar-refractivity contribution in [3.63, 3.8) is 0 Å². The van der Waals surface area contributed by atoms with Crippen LogP contribution < -0.4 is 0 Å². The number of fused-ring (bicyclic) bond motifs is 1. The first kappa shape index (κ1) is 14.9. The molecular formula is C18H19N3O3. The third-order valence-corrected chi connectivity index (χ3v) is 4.67. The van der Waals surface area contributed by atoms with Crippen LogP contribution in [0.4, 0.5) is 0 Å². The van der Waals surface area contributed by atoms with Gasteiger partial charge in [0, 0.05) is 6.04 Å². The summed E-state index contributed by atoms with van der Waals surface area (Å²) >= 11 is 0. The van der Waals surface area contributed by atoms with Crippen LogP contribution in [0.3, 0.4) is 0 Å². The second-order valence-electron chi connectivity index (χ2n) is 6.14. The number of pyridine rings is 1. The zero-order valence-electron chi connectivity index (χ0n) is 13.6. The first-order valence-corrected chi connectivity index (χ1v) is 8.28. The van der Waals surface area contributed by atoms with Crippen LogP contribution in [0.1, 0.15) is 48.6 Å². The molecule has 0 saturated heterocycles. The molecule has 0 amide bonds. The van der Waals surface area contributed by atoms with Crippen LogP contribution in [0.25, 0.3) is 22.6 Å². The lowest BCUT2D eigenvalue weighted by atomic mass is 9.95. The maximum Gasteiger partial charge on any atom is 0.356 e. The number of aromatic nitrogens is 3. The van der Waals surface area contributed by atoms with Gasteiger partial charge in [-0.3, -0.25) is 0 Å². The Morgan fingerprint density at radius 1 is 1.21 bits per heavy atom. The number of rotatable bonds is 3. The van der Waals surface area contributed by atoms with E-state index in [0.717, 1.165) is 29.7 Å². The number of hydrogen-bond donors (Lipinski definition) is 0. The van der Waals surface area contributed by atoms with Crippen LogP contribution in [-0.4, -0.2) is 27.6 Å². The number of ether oxygens (including phenoxy) is 1. The summed E-state index contributed by atoms with van der Waals surface area (Å²) in [6.07, 6.45) is 9.35. The molecule has 1 aliphatic carbocycles. The lowest BCUT2D eigenvalue weighted by Crippen LogP contribution is -2.14. The van der Waals surface area contributed by atoms with E-state index in [1.165, 1.54) is 26.4 Å². The summed E-state index contributed by atoms with van der Waals surface area (Å²) in [7, 11) is 1.35. The molecule has 1 fully saturated rings. The van der Waals surface area contributed by atoms with Gasteiger partial charge >= 0.3 is 5.97 Å². The number of imidazole rings is 1. The zero-order chi connectivity index (χ0) is 16.5. The van der Waals surface area contributed by atoms with E-state index < -0.39 is 5.97 Å². The molecule has 6 heteroatoms. The summed E-state index contributed by atoms with van der Waals surface area (Å²) in [6.45, 7) is 0. The highest BCUT2D eigenvalue weighted by molar-refractivity contribution is 5.90. The van der Waals surface area contributed by atoms with Crippen LogP contribution in [-0.2, 0) is 4.74 Å². The summed E-state index contributed by atoms with van der Waals surface area (Å²) in [5.74, 6) is 0.397. The molecule has 6 nitrogen and oxygen atoms in total. The normalized spacial score (nSPS) is 15.7. The Bertz CT molecular complexity index is 861. The summed E-state index contributed by atoms with van der Waals surface area (Å²) in [6, 6.07) is 5.93. The van der Waals surface area contributed by atoms with Gasteiger partial charge < -0.3 is 13.7 Å². The standard InChI is InChI=1S/C18H19N3O3/c1-23-18(22)14-7-8-15-16(19-14)20-17(12-9-10-24-11-12)21(15)13-5-3-2-4-6-13/h7-11,13H,2-6H2,1H3. The molecule has 0 unspecified atom stereocenters. The minimum Gasteiger partial charge on any atom is -0.472 e. The minimum atomic E-state index is -0.450. The van der Waals surface area contributed by atoms with E-state index in [4.69, 9.17) is 14.1 Å². The smallest absolute Gasteiger partial charge is 0.356 e. The molecule has 0 aliphatic heterocycles. The van der Waals surface area contributed by atoms with Crippen LogP contribution in [0.2, 0.25) is 0 Å². The molecular weight excluding hydrogens is 306 g/mol. The van der Waals surface area contributed by atoms with Gasteiger partial charge in [-0.05, 0) is 31.0 Å². The Balaban J connectivity index is 1.89. The lowest BCUT2D eigenvalue weighted by molar-refractivity contribution is 0.0594. The van der Waals surface area contributed by atoms with Crippen molar-refractivity contribution in [3.8, 4) is 11.4 Å². The molecule has 0 bridgehead atoms. The van der Waals surface area contributed by atoms with Crippen molar-refractivity contribution in [1.29, 1.82) is 0 Å². The first-order chi connectivity index (χ1) is 11.8. The van der Waals surface area contributed by atoms with E-state index in [1.807, 2.05) is 12.1 Å². The number of carbonyl (C=O) groups is 1. The van der Waals surface area contributed by atoms with E-state index in [9.17, 15) is 4.79 Å². The number of methoxy groups -OCH3 is 1. The first-order valence-electron chi connectivity index (χ1n) is 8.28. The Hall–Kier alpha value is -2.63. The van der Waals surface area contributed by atoms with Crippen LogP contribution in [0, 0.1) is 0 Å². The molecule has 1 saturated carbocycles. The van der Waals surface area contributed by atoms with Crippen molar-refractivity contribution in [1.82, 2.24) is 14.5 Å². The molecule has 1 aliphatic rings. The van der Waals surface area contributed by atoms with Crippen molar-refractivity contribution < 1.29 is 13.9 Å². The minimum absolute atomic E-state index is 0.275. The second kappa shape index (κ2) is 6.11. The maximum absolute atomic E-state index is 11.7. The average molecular weight is 325 g/mol. The SMILES string of the molecule is COC(=O)c1ccc2c(n1)nc(-c1ccoc1)n2C1CCCCC1. The average Bonchev–Trinajstić information content (AvgIpc) is 3.28. The quantitative estimate of drug-likeness (QED) is 0.681. The predicted octanol–water partition coefficient (Wildman–Crippen LogP) is 3.98. The number of furan rings is 1. The van der Waals surface area contributed by atoms with Gasteiger partial charge in [-0.1, -0.05) is 19.3 Å². The fraction of sp³-hybridized carbons (Fsp3) is 0.389. The molecule has 3 aromatic heterocycles. The zero-order valence-corrected chi connectivity index (χ0v) is 13.6. The topological polar surface area (TPSA) is 70.2 Å². The third-order valence-electron chi connectivity index (χ3n) is 4.67.